The zero-order valence-corrected chi connectivity index (χ0v) is 12.3. The van der Waals surface area contributed by atoms with E-state index in [1.54, 1.807) is 0 Å². The fraction of sp³-hybridized carbons (Fsp3) is 0.438. The van der Waals surface area contributed by atoms with Gasteiger partial charge in [-0.05, 0) is 24.5 Å². The van der Waals surface area contributed by atoms with Crippen molar-refractivity contribution < 1.29 is 9.90 Å². The highest BCUT2D eigenvalue weighted by molar-refractivity contribution is 5.86. The van der Waals surface area contributed by atoms with E-state index in [1.807, 2.05) is 37.4 Å². The van der Waals surface area contributed by atoms with Gasteiger partial charge in [0, 0.05) is 23.6 Å². The summed E-state index contributed by atoms with van der Waals surface area (Å²) in [6, 6.07) is 7.32. The molecule has 2 rings (SSSR count). The zero-order valence-electron chi connectivity index (χ0n) is 12.3. The molecule has 1 heterocycles. The van der Waals surface area contributed by atoms with Gasteiger partial charge in [-0.2, -0.15) is 0 Å². The molecule has 21 heavy (non-hydrogen) atoms. The number of carbonyl (C=O) groups excluding carboxylic acids is 1. The Morgan fingerprint density at radius 3 is 2.95 bits per heavy atom. The highest BCUT2D eigenvalue weighted by atomic mass is 16.3. The summed E-state index contributed by atoms with van der Waals surface area (Å²) < 4.78 is 0. The van der Waals surface area contributed by atoms with Gasteiger partial charge < -0.3 is 21.1 Å². The highest BCUT2D eigenvalue weighted by Crippen LogP contribution is 2.18. The lowest BCUT2D eigenvalue weighted by Gasteiger charge is -2.14. The number of amides is 1. The van der Waals surface area contributed by atoms with Crippen LogP contribution in [0.2, 0.25) is 0 Å². The minimum Gasteiger partial charge on any atom is -0.391 e. The maximum absolute atomic E-state index is 12.0. The van der Waals surface area contributed by atoms with E-state index in [1.165, 1.54) is 0 Å². The van der Waals surface area contributed by atoms with Crippen LogP contribution < -0.4 is 11.1 Å². The van der Waals surface area contributed by atoms with E-state index in [9.17, 15) is 9.90 Å². The number of aromatic amines is 1. The van der Waals surface area contributed by atoms with E-state index in [4.69, 9.17) is 5.73 Å². The average molecular weight is 289 g/mol. The second-order valence-electron chi connectivity index (χ2n) is 5.36. The Hall–Kier alpha value is -1.85. The van der Waals surface area contributed by atoms with Crippen molar-refractivity contribution in [1.82, 2.24) is 10.3 Å². The number of carbonyl (C=O) groups is 1. The van der Waals surface area contributed by atoms with Gasteiger partial charge >= 0.3 is 0 Å². The van der Waals surface area contributed by atoms with Crippen molar-refractivity contribution >= 4 is 16.8 Å². The Bertz CT molecular complexity index is 594. The van der Waals surface area contributed by atoms with E-state index in [0.29, 0.717) is 12.8 Å². The molecule has 2 aromatic rings. The molecule has 0 bridgehead atoms. The van der Waals surface area contributed by atoms with Crippen LogP contribution in [-0.2, 0) is 11.2 Å². The standard InChI is InChI=1S/C16H23N3O2/c1-2-5-12(20)10-19-16(21)14(17)8-11-9-18-15-7-4-3-6-13(11)15/h3-4,6-7,9,12,14,18,20H,2,5,8,10,17H2,1H3,(H,19,21)/t12?,14-/m0/s1. The fourth-order valence-electron chi connectivity index (χ4n) is 2.41. The molecule has 0 radical (unpaired) electrons. The molecule has 1 aromatic heterocycles. The first-order valence-corrected chi connectivity index (χ1v) is 7.38. The maximum atomic E-state index is 12.0. The maximum Gasteiger partial charge on any atom is 0.237 e. The fourth-order valence-corrected chi connectivity index (χ4v) is 2.41. The number of nitrogens with two attached hydrogens (primary N) is 1. The first-order valence-electron chi connectivity index (χ1n) is 7.38. The van der Waals surface area contributed by atoms with Gasteiger partial charge in [-0.1, -0.05) is 31.5 Å². The summed E-state index contributed by atoms with van der Waals surface area (Å²) in [5, 5.41) is 13.4. The molecule has 0 aliphatic carbocycles. The van der Waals surface area contributed by atoms with E-state index in [0.717, 1.165) is 22.9 Å². The van der Waals surface area contributed by atoms with Gasteiger partial charge in [-0.15, -0.1) is 0 Å². The molecule has 0 saturated heterocycles. The number of aromatic nitrogens is 1. The molecule has 1 amide bonds. The van der Waals surface area contributed by atoms with Crippen LogP contribution in [-0.4, -0.2) is 34.7 Å². The molecule has 0 aliphatic rings. The van der Waals surface area contributed by atoms with Crippen LogP contribution in [0.4, 0.5) is 0 Å². The summed E-state index contributed by atoms with van der Waals surface area (Å²) in [4.78, 5) is 15.1. The number of fused-ring (bicyclic) bond motifs is 1. The molecule has 0 fully saturated rings. The number of hydrogen-bond acceptors (Lipinski definition) is 3. The summed E-state index contributed by atoms with van der Waals surface area (Å²) in [5.74, 6) is -0.226. The lowest BCUT2D eigenvalue weighted by molar-refractivity contribution is -0.122. The number of aliphatic hydroxyl groups excluding tert-OH is 1. The summed E-state index contributed by atoms with van der Waals surface area (Å²) >= 11 is 0. The molecule has 0 spiro atoms. The molecule has 114 valence electrons. The molecule has 1 aromatic carbocycles. The van der Waals surface area contributed by atoms with E-state index in [2.05, 4.69) is 10.3 Å². The Morgan fingerprint density at radius 2 is 2.19 bits per heavy atom. The third kappa shape index (κ3) is 4.06. The monoisotopic (exact) mass is 289 g/mol. The van der Waals surface area contributed by atoms with Crippen molar-refractivity contribution in [3.8, 4) is 0 Å². The predicted molar refractivity (Wildman–Crippen MR) is 83.9 cm³/mol. The number of rotatable bonds is 7. The van der Waals surface area contributed by atoms with Crippen LogP contribution in [0.1, 0.15) is 25.3 Å². The largest absolute Gasteiger partial charge is 0.391 e. The third-order valence-corrected chi connectivity index (χ3v) is 3.59. The van der Waals surface area contributed by atoms with Crippen molar-refractivity contribution in [1.29, 1.82) is 0 Å². The minimum atomic E-state index is -0.613. The van der Waals surface area contributed by atoms with E-state index < -0.39 is 12.1 Å². The van der Waals surface area contributed by atoms with Gasteiger partial charge in [0.15, 0.2) is 0 Å². The zero-order chi connectivity index (χ0) is 15.2. The highest BCUT2D eigenvalue weighted by Gasteiger charge is 2.16. The van der Waals surface area contributed by atoms with Crippen molar-refractivity contribution in [2.24, 2.45) is 5.73 Å². The van der Waals surface area contributed by atoms with Gasteiger partial charge in [0.1, 0.15) is 0 Å². The molecule has 5 nitrogen and oxygen atoms in total. The lowest BCUT2D eigenvalue weighted by Crippen LogP contribution is -2.44. The number of hydrogen-bond donors (Lipinski definition) is 4. The number of nitrogens with one attached hydrogen (secondary N) is 2. The quantitative estimate of drug-likeness (QED) is 0.619. The first-order chi connectivity index (χ1) is 10.1. The van der Waals surface area contributed by atoms with Gasteiger partial charge in [-0.3, -0.25) is 4.79 Å². The van der Waals surface area contributed by atoms with Crippen LogP contribution in [0, 0.1) is 0 Å². The van der Waals surface area contributed by atoms with Crippen molar-refractivity contribution in [2.75, 3.05) is 6.54 Å². The van der Waals surface area contributed by atoms with Crippen LogP contribution in [0.3, 0.4) is 0 Å². The number of benzene rings is 1. The lowest BCUT2D eigenvalue weighted by atomic mass is 10.0. The normalized spacial score (nSPS) is 14.0. The second-order valence-corrected chi connectivity index (χ2v) is 5.36. The molecular weight excluding hydrogens is 266 g/mol. The molecule has 5 heteroatoms. The van der Waals surface area contributed by atoms with Crippen LogP contribution in [0.15, 0.2) is 30.5 Å². The van der Waals surface area contributed by atoms with Crippen molar-refractivity contribution in [3.05, 3.63) is 36.0 Å². The Balaban J connectivity index is 1.91. The smallest absolute Gasteiger partial charge is 0.237 e. The predicted octanol–water partition coefficient (Wildman–Crippen LogP) is 1.31. The Kier molecular flexibility index (Phi) is 5.36. The van der Waals surface area contributed by atoms with E-state index in [-0.39, 0.29) is 12.5 Å². The van der Waals surface area contributed by atoms with Crippen molar-refractivity contribution in [2.45, 2.75) is 38.3 Å². The van der Waals surface area contributed by atoms with Crippen molar-refractivity contribution in [3.63, 3.8) is 0 Å². The van der Waals surface area contributed by atoms with Gasteiger partial charge in [0.25, 0.3) is 0 Å². The average Bonchev–Trinajstić information content (AvgIpc) is 2.88. The molecule has 0 aliphatic heterocycles. The molecule has 2 atom stereocenters. The number of para-hydroxylation sites is 1. The van der Waals surface area contributed by atoms with E-state index >= 15 is 0 Å². The summed E-state index contributed by atoms with van der Waals surface area (Å²) in [6.45, 7) is 2.25. The number of aliphatic hydroxyl groups is 1. The van der Waals surface area contributed by atoms with Gasteiger partial charge in [-0.25, -0.2) is 0 Å². The Labute approximate surface area is 124 Å². The topological polar surface area (TPSA) is 91.1 Å². The Morgan fingerprint density at radius 1 is 1.43 bits per heavy atom. The minimum absolute atomic E-state index is 0.226. The summed E-state index contributed by atoms with van der Waals surface area (Å²) in [6.07, 6.45) is 3.43. The van der Waals surface area contributed by atoms with Crippen LogP contribution >= 0.6 is 0 Å². The SMILES string of the molecule is CCCC(O)CNC(=O)[C@@H](N)Cc1c[nH]c2ccccc12. The number of H-pyrrole nitrogens is 1. The second kappa shape index (κ2) is 7.24. The summed E-state index contributed by atoms with van der Waals surface area (Å²) in [7, 11) is 0. The first kappa shape index (κ1) is 15.5. The third-order valence-electron chi connectivity index (χ3n) is 3.59. The molecule has 0 saturated carbocycles. The van der Waals surface area contributed by atoms with Gasteiger partial charge in [0.05, 0.1) is 12.1 Å². The van der Waals surface area contributed by atoms with Crippen LogP contribution in [0.5, 0.6) is 0 Å². The summed E-state index contributed by atoms with van der Waals surface area (Å²) in [5.41, 5.74) is 8.02. The van der Waals surface area contributed by atoms with Crippen LogP contribution in [0.25, 0.3) is 10.9 Å². The van der Waals surface area contributed by atoms with Gasteiger partial charge in [0.2, 0.25) is 5.91 Å². The molecular formula is C16H23N3O2. The molecule has 1 unspecified atom stereocenters. The molecule has 5 N–H and O–H groups in total.